The molecule has 10 heteroatoms. The average molecular weight is 1250 g/mol. The van der Waals surface area contributed by atoms with Crippen LogP contribution in [-0.4, -0.2) is 74.9 Å². The van der Waals surface area contributed by atoms with E-state index in [1.807, 2.05) is 21.1 Å². The number of unbranched alkanes of at least 4 members (excludes halogenated alkanes) is 32. The molecule has 0 aromatic rings. The molecular weight excluding hydrogens is 1110 g/mol. The zero-order valence-electron chi connectivity index (χ0n) is 57.7. The second-order valence-corrected chi connectivity index (χ2v) is 26.7. The minimum atomic E-state index is -4.42. The van der Waals surface area contributed by atoms with Crippen molar-refractivity contribution in [3.8, 4) is 0 Å². The third-order valence-electron chi connectivity index (χ3n) is 15.5. The van der Waals surface area contributed by atoms with Crippen molar-refractivity contribution in [2.75, 3.05) is 47.5 Å². The molecule has 2 unspecified atom stereocenters. The van der Waals surface area contributed by atoms with Gasteiger partial charge in [0.05, 0.1) is 27.7 Å². The summed E-state index contributed by atoms with van der Waals surface area (Å²) in [6.07, 6.45) is 97.6. The third-order valence-corrected chi connectivity index (χ3v) is 16.5. The van der Waals surface area contributed by atoms with Gasteiger partial charge >= 0.3 is 19.8 Å². The number of phosphoric ester groups is 1. The van der Waals surface area contributed by atoms with Crippen molar-refractivity contribution < 1.29 is 42.1 Å². The van der Waals surface area contributed by atoms with Crippen LogP contribution < -0.4 is 0 Å². The van der Waals surface area contributed by atoms with Crippen LogP contribution in [0.2, 0.25) is 0 Å². The number of hydrogen-bond acceptors (Lipinski definition) is 7. The number of allylic oxidation sites excluding steroid dienone is 20. The van der Waals surface area contributed by atoms with Crippen molar-refractivity contribution in [1.82, 2.24) is 0 Å². The quantitative estimate of drug-likeness (QED) is 0.0211. The molecule has 506 valence electrons. The molecule has 0 aliphatic rings. The van der Waals surface area contributed by atoms with Gasteiger partial charge in [-0.25, -0.2) is 4.57 Å². The van der Waals surface area contributed by atoms with E-state index in [0.29, 0.717) is 23.9 Å². The van der Waals surface area contributed by atoms with Gasteiger partial charge in [0.15, 0.2) is 6.10 Å². The van der Waals surface area contributed by atoms with E-state index in [1.165, 1.54) is 193 Å². The van der Waals surface area contributed by atoms with Gasteiger partial charge in [0, 0.05) is 12.8 Å². The first-order chi connectivity index (χ1) is 43.0. The van der Waals surface area contributed by atoms with Gasteiger partial charge in [-0.3, -0.25) is 18.6 Å². The summed E-state index contributed by atoms with van der Waals surface area (Å²) in [6, 6.07) is 0. The highest BCUT2D eigenvalue weighted by atomic mass is 31.2. The molecule has 0 aromatic carbocycles. The summed E-state index contributed by atoms with van der Waals surface area (Å²) in [4.78, 5) is 35.9. The van der Waals surface area contributed by atoms with Crippen molar-refractivity contribution in [2.24, 2.45) is 0 Å². The summed E-state index contributed by atoms with van der Waals surface area (Å²) in [5, 5.41) is 0. The number of carbonyl (C=O) groups excluding carboxylic acids is 2. The molecule has 0 bridgehead atoms. The Morgan fingerprint density at radius 3 is 1.01 bits per heavy atom. The Labute approximate surface area is 543 Å². The van der Waals surface area contributed by atoms with Gasteiger partial charge in [0.25, 0.3) is 0 Å². The Kier molecular flexibility index (Phi) is 65.0. The molecule has 0 radical (unpaired) electrons. The summed E-state index contributed by atoms with van der Waals surface area (Å²) in [6.45, 7) is 4.27. The first-order valence-corrected chi connectivity index (χ1v) is 37.8. The molecule has 88 heavy (non-hydrogen) atoms. The van der Waals surface area contributed by atoms with E-state index in [4.69, 9.17) is 18.5 Å². The van der Waals surface area contributed by atoms with Crippen LogP contribution in [0.15, 0.2) is 122 Å². The van der Waals surface area contributed by atoms with Crippen LogP contribution in [0.5, 0.6) is 0 Å². The van der Waals surface area contributed by atoms with Crippen molar-refractivity contribution in [3.05, 3.63) is 122 Å². The van der Waals surface area contributed by atoms with Crippen LogP contribution in [-0.2, 0) is 32.7 Å². The highest BCUT2D eigenvalue weighted by Gasteiger charge is 2.27. The highest BCUT2D eigenvalue weighted by molar-refractivity contribution is 7.47. The Bertz CT molecular complexity index is 1900. The first-order valence-electron chi connectivity index (χ1n) is 36.3. The number of quaternary nitrogens is 1. The molecule has 9 nitrogen and oxygen atoms in total. The summed E-state index contributed by atoms with van der Waals surface area (Å²) in [5.41, 5.74) is 0. The second-order valence-electron chi connectivity index (χ2n) is 25.2. The number of hydrogen-bond donors (Lipinski definition) is 1. The number of ether oxygens (including phenoxy) is 2. The predicted molar refractivity (Wildman–Crippen MR) is 381 cm³/mol. The summed E-state index contributed by atoms with van der Waals surface area (Å²) in [7, 11) is 1.43. The third kappa shape index (κ3) is 71.5. The van der Waals surface area contributed by atoms with Crippen molar-refractivity contribution >= 4 is 19.8 Å². The van der Waals surface area contributed by atoms with E-state index in [9.17, 15) is 19.0 Å². The van der Waals surface area contributed by atoms with Crippen LogP contribution in [0.1, 0.15) is 309 Å². The van der Waals surface area contributed by atoms with Crippen LogP contribution in [0.4, 0.5) is 0 Å². The Balaban J connectivity index is 4.10. The van der Waals surface area contributed by atoms with Crippen LogP contribution in [0.3, 0.4) is 0 Å². The standard InChI is InChI=1S/C78H136NO8P/c1-6-8-10-12-14-16-18-20-22-24-26-28-30-32-34-36-37-38-39-40-41-43-44-46-48-50-52-54-56-58-60-62-64-66-68-70-77(80)84-74-76(75-86-88(82,83)85-73-72-79(3,4)5)87-78(81)71-69-67-65-63-61-59-57-55-53-51-49-47-45-42-35-33-31-29-27-25-23-21-19-17-15-13-11-9-7-2/h9,11,15,17,21,23-24,26-27,29,33,35,45,47,51,53,57,59,63,65,76H,6-8,10,12-14,16,18-20,22,25,28,30-32,34,36-44,46,48-50,52,54-56,58,60-62,64,66-75H2,1-5H3/p+1/b11-9-,17-15-,23-21-,26-24-,29-27-,35-33-,47-45-,53-51-,59-57-,65-63-. The number of phosphoric acid groups is 1. The molecule has 2 atom stereocenters. The maximum Gasteiger partial charge on any atom is 0.472 e. The van der Waals surface area contributed by atoms with E-state index in [2.05, 4.69) is 135 Å². The fraction of sp³-hybridized carbons (Fsp3) is 0.718. The van der Waals surface area contributed by atoms with E-state index in [0.717, 1.165) is 77.0 Å². The smallest absolute Gasteiger partial charge is 0.462 e. The van der Waals surface area contributed by atoms with Gasteiger partial charge in [-0.1, -0.05) is 315 Å². The van der Waals surface area contributed by atoms with Gasteiger partial charge in [-0.2, -0.15) is 0 Å². The summed E-state index contributed by atoms with van der Waals surface area (Å²) >= 11 is 0. The molecule has 0 fully saturated rings. The SMILES string of the molecule is CC/C=C\C/C=C\C/C=C\C/C=C\C/C=C\C/C=C\C/C=C\C/C=C\C/C=C\CCCC(=O)OC(COC(=O)CCCCCCCCCCCCCCCCCCCCCCCCC/C=C\CCCCCCCCCC)COP(=O)(O)OCC[N+](C)(C)C. The van der Waals surface area contributed by atoms with Crippen LogP contribution in [0, 0.1) is 0 Å². The zero-order chi connectivity index (χ0) is 64.1. The molecule has 0 aliphatic heterocycles. The minimum absolute atomic E-state index is 0.0156. The zero-order valence-corrected chi connectivity index (χ0v) is 58.6. The highest BCUT2D eigenvalue weighted by Crippen LogP contribution is 2.43. The van der Waals surface area contributed by atoms with E-state index >= 15 is 0 Å². The Morgan fingerprint density at radius 1 is 0.364 bits per heavy atom. The van der Waals surface area contributed by atoms with Gasteiger partial charge in [-0.15, -0.1) is 0 Å². The molecule has 0 saturated heterocycles. The molecule has 0 aliphatic carbocycles. The summed E-state index contributed by atoms with van der Waals surface area (Å²) < 4.78 is 34.6. The molecular formula is C78H137NO8P+. The summed E-state index contributed by atoms with van der Waals surface area (Å²) in [5.74, 6) is -0.865. The van der Waals surface area contributed by atoms with E-state index in [-0.39, 0.29) is 32.0 Å². The van der Waals surface area contributed by atoms with Crippen LogP contribution >= 0.6 is 7.82 Å². The Hall–Kier alpha value is -3.59. The van der Waals surface area contributed by atoms with E-state index < -0.39 is 26.5 Å². The number of esters is 2. The lowest BCUT2D eigenvalue weighted by Gasteiger charge is -2.24. The fourth-order valence-corrected chi connectivity index (χ4v) is 10.7. The Morgan fingerprint density at radius 2 is 0.659 bits per heavy atom. The van der Waals surface area contributed by atoms with Gasteiger partial charge in [0.2, 0.25) is 0 Å². The lowest BCUT2D eigenvalue weighted by molar-refractivity contribution is -0.870. The van der Waals surface area contributed by atoms with Gasteiger partial charge in [0.1, 0.15) is 19.8 Å². The number of rotatable bonds is 66. The number of nitrogens with zero attached hydrogens (tertiary/aromatic N) is 1. The van der Waals surface area contributed by atoms with Gasteiger partial charge < -0.3 is 18.9 Å². The van der Waals surface area contributed by atoms with Crippen LogP contribution in [0.25, 0.3) is 0 Å². The normalized spacial score (nSPS) is 13.8. The van der Waals surface area contributed by atoms with E-state index in [1.54, 1.807) is 0 Å². The fourth-order valence-electron chi connectivity index (χ4n) is 9.96. The first kappa shape index (κ1) is 84.4. The molecule has 0 amide bonds. The largest absolute Gasteiger partial charge is 0.472 e. The molecule has 0 saturated carbocycles. The monoisotopic (exact) mass is 1250 g/mol. The molecule has 0 spiro atoms. The van der Waals surface area contributed by atoms with Crippen molar-refractivity contribution in [3.63, 3.8) is 0 Å². The number of carbonyl (C=O) groups is 2. The minimum Gasteiger partial charge on any atom is -0.462 e. The lowest BCUT2D eigenvalue weighted by Crippen LogP contribution is -2.37. The molecule has 0 aromatic heterocycles. The molecule has 0 rings (SSSR count). The molecule has 0 heterocycles. The maximum atomic E-state index is 12.8. The topological polar surface area (TPSA) is 108 Å². The molecule has 1 N–H and O–H groups in total. The van der Waals surface area contributed by atoms with Crippen molar-refractivity contribution in [1.29, 1.82) is 0 Å². The maximum absolute atomic E-state index is 12.8. The lowest BCUT2D eigenvalue weighted by atomic mass is 10.0. The van der Waals surface area contributed by atoms with Crippen molar-refractivity contribution in [2.45, 2.75) is 315 Å². The number of likely N-dealkylation sites (N-methyl/N-ethyl adjacent to an activating group) is 1. The average Bonchev–Trinajstić information content (AvgIpc) is 3.68. The van der Waals surface area contributed by atoms with Gasteiger partial charge in [-0.05, 0) is 103 Å². The predicted octanol–water partition coefficient (Wildman–Crippen LogP) is 23.8. The second kappa shape index (κ2) is 67.8.